The highest BCUT2D eigenvalue weighted by molar-refractivity contribution is 7.99. The van der Waals surface area contributed by atoms with E-state index in [0.717, 1.165) is 59.4 Å². The van der Waals surface area contributed by atoms with Gasteiger partial charge in [0.1, 0.15) is 5.78 Å². The minimum Gasteiger partial charge on any atom is -0.298 e. The molecular formula is C25H27N3OS2. The summed E-state index contributed by atoms with van der Waals surface area (Å²) in [6.07, 6.45) is 7.51. The SMILES string of the molecule is O=C(CSc1nnc(-c2cccs2)n1Cc1ccccc1)C12CC3CC(CC(C3)C1)C2. The molecular weight excluding hydrogens is 422 g/mol. The highest BCUT2D eigenvalue weighted by atomic mass is 32.2. The van der Waals surface area contributed by atoms with Gasteiger partial charge in [0.15, 0.2) is 11.0 Å². The molecule has 0 aliphatic heterocycles. The quantitative estimate of drug-likeness (QED) is 0.419. The normalized spacial score (nSPS) is 28.8. The largest absolute Gasteiger partial charge is 0.298 e. The van der Waals surface area contributed by atoms with Crippen molar-refractivity contribution in [1.29, 1.82) is 0 Å². The second-order valence-corrected chi connectivity index (χ2v) is 11.7. The third-order valence-corrected chi connectivity index (χ3v) is 9.44. The molecule has 0 N–H and O–H groups in total. The van der Waals surface area contributed by atoms with Gasteiger partial charge in [-0.15, -0.1) is 21.5 Å². The van der Waals surface area contributed by atoms with Crippen molar-refractivity contribution in [2.24, 2.45) is 23.2 Å². The molecule has 31 heavy (non-hydrogen) atoms. The monoisotopic (exact) mass is 449 g/mol. The molecule has 0 atom stereocenters. The Morgan fingerprint density at radius 3 is 2.35 bits per heavy atom. The molecule has 0 unspecified atom stereocenters. The van der Waals surface area contributed by atoms with Crippen molar-refractivity contribution in [3.63, 3.8) is 0 Å². The number of thiophene rings is 1. The minimum absolute atomic E-state index is 0.0391. The second kappa shape index (κ2) is 7.89. The van der Waals surface area contributed by atoms with Crippen molar-refractivity contribution >= 4 is 28.9 Å². The highest BCUT2D eigenvalue weighted by Crippen LogP contribution is 2.60. The van der Waals surface area contributed by atoms with E-state index in [0.29, 0.717) is 11.5 Å². The van der Waals surface area contributed by atoms with Crippen LogP contribution in [0.2, 0.25) is 0 Å². The van der Waals surface area contributed by atoms with Gasteiger partial charge in [0.05, 0.1) is 17.2 Å². The molecule has 3 aromatic rings. The molecule has 4 saturated carbocycles. The van der Waals surface area contributed by atoms with Crippen molar-refractivity contribution < 1.29 is 4.79 Å². The summed E-state index contributed by atoms with van der Waals surface area (Å²) in [4.78, 5) is 14.6. The average Bonchev–Trinajstić information content (AvgIpc) is 3.42. The standard InChI is InChI=1S/C25H27N3OS2/c29-22(25-12-18-9-19(13-25)11-20(10-18)14-25)16-31-24-27-26-23(21-7-4-8-30-21)28(24)15-17-5-2-1-3-6-17/h1-8,18-20H,9-16H2. The lowest BCUT2D eigenvalue weighted by molar-refractivity contribution is -0.141. The van der Waals surface area contributed by atoms with Crippen molar-refractivity contribution in [1.82, 2.24) is 14.8 Å². The molecule has 0 spiro atoms. The first-order valence-corrected chi connectivity index (χ1v) is 13.2. The van der Waals surface area contributed by atoms with E-state index in [1.54, 1.807) is 23.1 Å². The fraction of sp³-hybridized carbons (Fsp3) is 0.480. The topological polar surface area (TPSA) is 47.8 Å². The zero-order valence-corrected chi connectivity index (χ0v) is 19.2. The van der Waals surface area contributed by atoms with Crippen LogP contribution in [0.4, 0.5) is 0 Å². The lowest BCUT2D eigenvalue weighted by Gasteiger charge is -2.56. The molecule has 0 radical (unpaired) electrons. The Balaban J connectivity index is 1.24. The van der Waals surface area contributed by atoms with Gasteiger partial charge in [0.2, 0.25) is 0 Å². The van der Waals surface area contributed by atoms with E-state index in [2.05, 4.69) is 50.5 Å². The molecule has 0 saturated heterocycles. The van der Waals surface area contributed by atoms with Gasteiger partial charge in [-0.2, -0.15) is 0 Å². The maximum atomic E-state index is 13.5. The second-order valence-electron chi connectivity index (χ2n) is 9.76. The van der Waals surface area contributed by atoms with Crippen molar-refractivity contribution in [3.8, 4) is 10.7 Å². The summed E-state index contributed by atoms with van der Waals surface area (Å²) < 4.78 is 2.18. The molecule has 2 aromatic heterocycles. The Kier molecular flexibility index (Phi) is 5.03. The summed E-state index contributed by atoms with van der Waals surface area (Å²) in [5, 5.41) is 12.0. The molecule has 4 bridgehead atoms. The first kappa shape index (κ1) is 19.7. The van der Waals surface area contributed by atoms with Gasteiger partial charge < -0.3 is 0 Å². The number of hydrogen-bond acceptors (Lipinski definition) is 5. The molecule has 2 heterocycles. The van der Waals surface area contributed by atoms with Crippen molar-refractivity contribution in [2.75, 3.05) is 5.75 Å². The molecule has 4 aliphatic carbocycles. The van der Waals surface area contributed by atoms with Gasteiger partial charge >= 0.3 is 0 Å². The van der Waals surface area contributed by atoms with Crippen molar-refractivity contribution in [3.05, 3.63) is 53.4 Å². The van der Waals surface area contributed by atoms with Crippen LogP contribution in [0, 0.1) is 23.2 Å². The van der Waals surface area contributed by atoms with E-state index >= 15 is 0 Å². The lowest BCUT2D eigenvalue weighted by atomic mass is 9.48. The Morgan fingerprint density at radius 1 is 1.00 bits per heavy atom. The summed E-state index contributed by atoms with van der Waals surface area (Å²) in [5.74, 6) is 4.27. The fourth-order valence-corrected chi connectivity index (χ4v) is 8.32. The summed E-state index contributed by atoms with van der Waals surface area (Å²) in [5.41, 5.74) is 1.18. The third kappa shape index (κ3) is 3.68. The van der Waals surface area contributed by atoms with Crippen LogP contribution in [0.15, 0.2) is 53.0 Å². The summed E-state index contributed by atoms with van der Waals surface area (Å²) in [7, 11) is 0. The van der Waals surface area contributed by atoms with Gasteiger partial charge in [0.25, 0.3) is 0 Å². The minimum atomic E-state index is -0.0391. The number of rotatable bonds is 7. The van der Waals surface area contributed by atoms with E-state index in [9.17, 15) is 4.79 Å². The predicted octanol–water partition coefficient (Wildman–Crippen LogP) is 5.93. The van der Waals surface area contributed by atoms with E-state index in [4.69, 9.17) is 0 Å². The number of thioether (sulfide) groups is 1. The van der Waals surface area contributed by atoms with Crippen LogP contribution in [-0.2, 0) is 11.3 Å². The third-order valence-electron chi connectivity index (χ3n) is 7.60. The maximum absolute atomic E-state index is 13.5. The average molecular weight is 450 g/mol. The molecule has 4 fully saturated rings. The van der Waals surface area contributed by atoms with Crippen LogP contribution in [0.1, 0.15) is 44.1 Å². The molecule has 0 amide bonds. The Bertz CT molecular complexity index is 1040. The van der Waals surface area contributed by atoms with Crippen LogP contribution in [0.5, 0.6) is 0 Å². The van der Waals surface area contributed by atoms with E-state index in [1.165, 1.54) is 24.8 Å². The number of hydrogen-bond donors (Lipinski definition) is 0. The number of aromatic nitrogens is 3. The van der Waals surface area contributed by atoms with E-state index < -0.39 is 0 Å². The predicted molar refractivity (Wildman–Crippen MR) is 125 cm³/mol. The molecule has 4 nitrogen and oxygen atoms in total. The molecule has 4 aliphatic rings. The van der Waals surface area contributed by atoms with Crippen LogP contribution in [-0.4, -0.2) is 26.3 Å². The van der Waals surface area contributed by atoms with Crippen LogP contribution >= 0.6 is 23.1 Å². The van der Waals surface area contributed by atoms with Crippen LogP contribution in [0.25, 0.3) is 10.7 Å². The molecule has 6 heteroatoms. The zero-order valence-electron chi connectivity index (χ0n) is 17.6. The first-order valence-electron chi connectivity index (χ1n) is 11.4. The summed E-state index contributed by atoms with van der Waals surface area (Å²) in [6.45, 7) is 0.717. The number of nitrogens with zero attached hydrogens (tertiary/aromatic N) is 3. The Labute approximate surface area is 191 Å². The van der Waals surface area contributed by atoms with Gasteiger partial charge in [0, 0.05) is 5.41 Å². The van der Waals surface area contributed by atoms with E-state index in [1.807, 2.05) is 12.1 Å². The van der Waals surface area contributed by atoms with Crippen LogP contribution < -0.4 is 0 Å². The molecule has 7 rings (SSSR count). The fourth-order valence-electron chi connectivity index (χ4n) is 6.63. The number of carbonyl (C=O) groups is 1. The maximum Gasteiger partial charge on any atom is 0.192 e. The summed E-state index contributed by atoms with van der Waals surface area (Å²) >= 11 is 3.26. The molecule has 1 aromatic carbocycles. The van der Waals surface area contributed by atoms with Gasteiger partial charge in [-0.1, -0.05) is 48.2 Å². The Morgan fingerprint density at radius 2 is 1.71 bits per heavy atom. The lowest BCUT2D eigenvalue weighted by Crippen LogP contribution is -2.50. The van der Waals surface area contributed by atoms with Crippen LogP contribution in [0.3, 0.4) is 0 Å². The molecule has 160 valence electrons. The van der Waals surface area contributed by atoms with Gasteiger partial charge in [-0.25, -0.2) is 0 Å². The smallest absolute Gasteiger partial charge is 0.192 e. The van der Waals surface area contributed by atoms with Gasteiger partial charge in [-0.05, 0) is 73.3 Å². The number of benzene rings is 1. The highest BCUT2D eigenvalue weighted by Gasteiger charge is 2.54. The zero-order chi connectivity index (χ0) is 20.8. The number of ketones is 1. The number of Topliss-reactive ketones (excluding diaryl/α,β-unsaturated/α-hetero) is 1. The summed E-state index contributed by atoms with van der Waals surface area (Å²) in [6, 6.07) is 14.6. The number of carbonyl (C=O) groups excluding carboxylic acids is 1. The first-order chi connectivity index (χ1) is 15.2. The Hall–Kier alpha value is -1.92. The van der Waals surface area contributed by atoms with Gasteiger partial charge in [-0.3, -0.25) is 9.36 Å². The van der Waals surface area contributed by atoms with Crippen molar-refractivity contribution in [2.45, 2.75) is 50.2 Å². The van der Waals surface area contributed by atoms with E-state index in [-0.39, 0.29) is 5.41 Å².